The molecule has 2 heterocycles. The summed E-state index contributed by atoms with van der Waals surface area (Å²) in [7, 11) is 6.40. The van der Waals surface area contributed by atoms with Gasteiger partial charge in [0.2, 0.25) is 0 Å². The minimum atomic E-state index is 0. The normalized spacial score (nSPS) is 36.1. The van der Waals surface area contributed by atoms with Crippen molar-refractivity contribution in [3.05, 3.63) is 0 Å². The predicted molar refractivity (Wildman–Crippen MR) is 123 cm³/mol. The molecule has 4 rings (SSSR count). The molecule has 4 fully saturated rings. The third-order valence-electron chi connectivity index (χ3n) is 7.47. The Hall–Kier alpha value is -0.120. The first-order valence-electron chi connectivity index (χ1n) is 10.7. The molecule has 2 aliphatic heterocycles. The molecule has 0 spiro atoms. The van der Waals surface area contributed by atoms with Crippen LogP contribution in [0.15, 0.2) is 4.99 Å². The molecule has 6 nitrogen and oxygen atoms in total. The van der Waals surface area contributed by atoms with Crippen molar-refractivity contribution in [3.63, 3.8) is 0 Å². The van der Waals surface area contributed by atoms with Crippen LogP contribution in [-0.2, 0) is 0 Å². The lowest BCUT2D eigenvalue weighted by molar-refractivity contribution is 0.0941. The van der Waals surface area contributed by atoms with Crippen molar-refractivity contribution in [1.82, 2.24) is 24.9 Å². The summed E-state index contributed by atoms with van der Waals surface area (Å²) in [5, 5.41) is 3.66. The summed E-state index contributed by atoms with van der Waals surface area (Å²) < 4.78 is 0. The lowest BCUT2D eigenvalue weighted by Gasteiger charge is -2.42. The van der Waals surface area contributed by atoms with Gasteiger partial charge in [0, 0.05) is 71.5 Å². The molecule has 4 atom stereocenters. The monoisotopic (exact) mass is 490 g/mol. The quantitative estimate of drug-likeness (QED) is 0.366. The lowest BCUT2D eigenvalue weighted by Crippen LogP contribution is -2.58. The second kappa shape index (κ2) is 9.59. The number of nitrogens with one attached hydrogen (secondary N) is 1. The summed E-state index contributed by atoms with van der Waals surface area (Å²) in [5.74, 6) is 3.14. The number of likely N-dealkylation sites (N-methyl/N-ethyl adjacent to an activating group) is 2. The molecule has 7 heteroatoms. The lowest BCUT2D eigenvalue weighted by atomic mass is 9.93. The van der Waals surface area contributed by atoms with Crippen molar-refractivity contribution in [2.24, 2.45) is 16.8 Å². The van der Waals surface area contributed by atoms with Gasteiger partial charge in [0.1, 0.15) is 0 Å². The molecule has 0 aromatic rings. The zero-order chi connectivity index (χ0) is 18.1. The van der Waals surface area contributed by atoms with Crippen molar-refractivity contribution in [2.75, 3.05) is 73.5 Å². The van der Waals surface area contributed by atoms with E-state index in [4.69, 9.17) is 0 Å². The SMILES string of the molecule is CN=C(NCC1CN(C)CCN1C)N1CCN(C2CC3CCC2C3)CC1.I. The minimum absolute atomic E-state index is 0. The predicted octanol–water partition coefficient (Wildman–Crippen LogP) is 1.23. The van der Waals surface area contributed by atoms with Crippen LogP contribution in [0.5, 0.6) is 0 Å². The van der Waals surface area contributed by atoms with Gasteiger partial charge in [-0.3, -0.25) is 14.8 Å². The molecule has 0 aromatic heterocycles. The number of guanidine groups is 1. The van der Waals surface area contributed by atoms with E-state index in [1.807, 2.05) is 7.05 Å². The molecule has 1 N–H and O–H groups in total. The molecule has 2 saturated carbocycles. The number of hydrogen-bond acceptors (Lipinski definition) is 4. The van der Waals surface area contributed by atoms with E-state index in [1.165, 1.54) is 45.3 Å². The Labute approximate surface area is 182 Å². The van der Waals surface area contributed by atoms with Crippen molar-refractivity contribution < 1.29 is 0 Å². The van der Waals surface area contributed by atoms with Crippen LogP contribution in [0.1, 0.15) is 25.7 Å². The summed E-state index contributed by atoms with van der Waals surface area (Å²) in [6.45, 7) is 9.11. The molecule has 2 bridgehead atoms. The number of piperazine rings is 2. The van der Waals surface area contributed by atoms with Gasteiger partial charge in [-0.25, -0.2) is 0 Å². The Bertz CT molecular complexity index is 507. The van der Waals surface area contributed by atoms with E-state index in [0.29, 0.717) is 6.04 Å². The van der Waals surface area contributed by atoms with Gasteiger partial charge in [-0.05, 0) is 45.2 Å². The van der Waals surface area contributed by atoms with E-state index in [-0.39, 0.29) is 24.0 Å². The Morgan fingerprint density at radius 1 is 1.00 bits per heavy atom. The molecule has 2 saturated heterocycles. The van der Waals surface area contributed by atoms with Gasteiger partial charge < -0.3 is 15.1 Å². The highest BCUT2D eigenvalue weighted by atomic mass is 127. The zero-order valence-electron chi connectivity index (χ0n) is 17.4. The van der Waals surface area contributed by atoms with Gasteiger partial charge in [-0.2, -0.15) is 0 Å². The largest absolute Gasteiger partial charge is 0.355 e. The summed E-state index contributed by atoms with van der Waals surface area (Å²) in [4.78, 5) is 14.8. The van der Waals surface area contributed by atoms with Crippen LogP contribution in [0.25, 0.3) is 0 Å². The van der Waals surface area contributed by atoms with E-state index < -0.39 is 0 Å². The first-order valence-corrected chi connectivity index (χ1v) is 10.7. The van der Waals surface area contributed by atoms with Crippen molar-refractivity contribution in [2.45, 2.75) is 37.8 Å². The molecule has 4 aliphatic rings. The number of aliphatic imine (C=N–C) groups is 1. The molecule has 0 aromatic carbocycles. The molecule has 2 aliphatic carbocycles. The van der Waals surface area contributed by atoms with E-state index >= 15 is 0 Å². The summed E-state index contributed by atoms with van der Waals surface area (Å²) in [6, 6.07) is 1.46. The van der Waals surface area contributed by atoms with Gasteiger partial charge in [0.15, 0.2) is 5.96 Å². The first kappa shape index (κ1) is 21.6. The Morgan fingerprint density at radius 2 is 1.78 bits per heavy atom. The molecule has 4 unspecified atom stereocenters. The first-order chi connectivity index (χ1) is 12.6. The molecular weight excluding hydrogens is 451 g/mol. The van der Waals surface area contributed by atoms with Crippen LogP contribution >= 0.6 is 24.0 Å². The highest BCUT2D eigenvalue weighted by molar-refractivity contribution is 14.0. The Morgan fingerprint density at radius 3 is 2.41 bits per heavy atom. The third kappa shape index (κ3) is 4.90. The van der Waals surface area contributed by atoms with Crippen molar-refractivity contribution >= 4 is 29.9 Å². The van der Waals surface area contributed by atoms with E-state index in [0.717, 1.165) is 56.6 Å². The Balaban J connectivity index is 0.00000210. The van der Waals surface area contributed by atoms with Crippen molar-refractivity contribution in [3.8, 4) is 0 Å². The maximum atomic E-state index is 4.58. The van der Waals surface area contributed by atoms with Crippen LogP contribution in [-0.4, -0.2) is 111 Å². The maximum Gasteiger partial charge on any atom is 0.193 e. The van der Waals surface area contributed by atoms with E-state index in [2.05, 4.69) is 44.0 Å². The van der Waals surface area contributed by atoms with Crippen LogP contribution in [0.4, 0.5) is 0 Å². The molecule has 0 radical (unpaired) electrons. The highest BCUT2D eigenvalue weighted by Gasteiger charge is 2.42. The second-order valence-corrected chi connectivity index (χ2v) is 9.09. The van der Waals surface area contributed by atoms with E-state index in [9.17, 15) is 0 Å². The number of halogens is 1. The fourth-order valence-corrected chi connectivity index (χ4v) is 5.79. The topological polar surface area (TPSA) is 37.4 Å². The van der Waals surface area contributed by atoms with Gasteiger partial charge in [0.05, 0.1) is 0 Å². The second-order valence-electron chi connectivity index (χ2n) is 9.09. The van der Waals surface area contributed by atoms with Crippen LogP contribution in [0, 0.1) is 11.8 Å². The zero-order valence-corrected chi connectivity index (χ0v) is 19.8. The summed E-state index contributed by atoms with van der Waals surface area (Å²) in [6.07, 6.45) is 5.97. The van der Waals surface area contributed by atoms with Gasteiger partial charge in [-0.1, -0.05) is 6.42 Å². The fraction of sp³-hybridized carbons (Fsp3) is 0.950. The average molecular weight is 490 g/mol. The molecule has 156 valence electrons. The van der Waals surface area contributed by atoms with Crippen LogP contribution < -0.4 is 5.32 Å². The van der Waals surface area contributed by atoms with Gasteiger partial charge in [-0.15, -0.1) is 24.0 Å². The van der Waals surface area contributed by atoms with Gasteiger partial charge in [0.25, 0.3) is 0 Å². The molecule has 0 amide bonds. The van der Waals surface area contributed by atoms with Crippen LogP contribution in [0.3, 0.4) is 0 Å². The average Bonchev–Trinajstić information content (AvgIpc) is 3.29. The number of hydrogen-bond donors (Lipinski definition) is 1. The third-order valence-corrected chi connectivity index (χ3v) is 7.47. The van der Waals surface area contributed by atoms with Crippen LogP contribution in [0.2, 0.25) is 0 Å². The highest BCUT2D eigenvalue weighted by Crippen LogP contribution is 2.46. The number of nitrogens with zero attached hydrogens (tertiary/aromatic N) is 5. The summed E-state index contributed by atoms with van der Waals surface area (Å²) >= 11 is 0. The fourth-order valence-electron chi connectivity index (χ4n) is 5.79. The number of rotatable bonds is 3. The van der Waals surface area contributed by atoms with Crippen molar-refractivity contribution in [1.29, 1.82) is 0 Å². The molecule has 27 heavy (non-hydrogen) atoms. The minimum Gasteiger partial charge on any atom is -0.355 e. The molecular formula is C20H39IN6. The maximum absolute atomic E-state index is 4.58. The summed E-state index contributed by atoms with van der Waals surface area (Å²) in [5.41, 5.74) is 0. The number of fused-ring (bicyclic) bond motifs is 2. The van der Waals surface area contributed by atoms with Gasteiger partial charge >= 0.3 is 0 Å². The smallest absolute Gasteiger partial charge is 0.193 e. The van der Waals surface area contributed by atoms with E-state index in [1.54, 1.807) is 0 Å². The Kier molecular flexibility index (Phi) is 7.66. The standard InChI is InChI=1S/C20H38N6.HI/c1-21-20(22-14-18-15-23(2)6-7-24(18)3)26-10-8-25(9-11-26)19-13-16-4-5-17(19)12-16;/h16-19H,4-15H2,1-3H3,(H,21,22);1H.